The third-order valence-corrected chi connectivity index (χ3v) is 8.14. The molecule has 0 fully saturated rings. The summed E-state index contributed by atoms with van der Waals surface area (Å²) >= 11 is 0. The molecule has 214 valence electrons. The molecule has 2 heteroatoms. The zero-order chi connectivity index (χ0) is 30.4. The first kappa shape index (κ1) is 27.8. The monoisotopic (exact) mass is 576 g/mol. The maximum Gasteiger partial charge on any atom is 0.0467 e. The van der Waals surface area contributed by atoms with Gasteiger partial charge in [-0.15, -0.1) is 0 Å². The van der Waals surface area contributed by atoms with Crippen molar-refractivity contribution in [2.75, 3.05) is 16.8 Å². The standard InChI is InChI=1S/C43H32N2/c1-44(41-23-11-20-36(30-41)33-14-5-2-6-15-33)39-26-28-40(29-27-39)45(42-24-12-21-37(31-42)34-16-7-3-8-17-34)43-25-13-22-38(32-43)35-18-9-4-10-19-35/h2-3,5-9,11-32H,1H3. The third-order valence-electron chi connectivity index (χ3n) is 8.14. The van der Waals surface area contributed by atoms with Gasteiger partial charge in [0, 0.05) is 35.5 Å². The Bertz CT molecular complexity index is 2080. The third kappa shape index (κ3) is 6.07. The van der Waals surface area contributed by atoms with E-state index in [9.17, 15) is 0 Å². The van der Waals surface area contributed by atoms with Gasteiger partial charge in [-0.3, -0.25) is 0 Å². The number of nitrogens with zero attached hydrogens (tertiary/aromatic N) is 2. The van der Waals surface area contributed by atoms with Gasteiger partial charge in [-0.1, -0.05) is 109 Å². The molecule has 0 saturated carbocycles. The predicted octanol–water partition coefficient (Wildman–Crippen LogP) is 11.5. The van der Waals surface area contributed by atoms with Crippen molar-refractivity contribution in [1.82, 2.24) is 0 Å². The topological polar surface area (TPSA) is 6.48 Å². The second-order valence-electron chi connectivity index (χ2n) is 11.0. The van der Waals surface area contributed by atoms with Gasteiger partial charge in [-0.2, -0.15) is 0 Å². The van der Waals surface area contributed by atoms with E-state index in [2.05, 4.69) is 192 Å². The highest BCUT2D eigenvalue weighted by atomic mass is 15.1. The molecule has 0 heterocycles. The summed E-state index contributed by atoms with van der Waals surface area (Å²) in [6.45, 7) is 0. The first-order valence-corrected chi connectivity index (χ1v) is 15.2. The SMILES string of the molecule is CN(c1ccc(N(c2cccc(C3=CC=C=C=C3)c2)c2cccc(-c3ccccc3)c2)cc1)c1cccc(-c2ccccc2)c1. The molecule has 0 radical (unpaired) electrons. The van der Waals surface area contributed by atoms with Gasteiger partial charge in [0.05, 0.1) is 0 Å². The minimum absolute atomic E-state index is 1.08. The van der Waals surface area contributed by atoms with Crippen molar-refractivity contribution in [3.05, 3.63) is 193 Å². The van der Waals surface area contributed by atoms with E-state index < -0.39 is 0 Å². The quantitative estimate of drug-likeness (QED) is 0.166. The van der Waals surface area contributed by atoms with Crippen LogP contribution in [-0.4, -0.2) is 7.05 Å². The number of anilines is 5. The minimum atomic E-state index is 1.08. The summed E-state index contributed by atoms with van der Waals surface area (Å²) in [6, 6.07) is 56.0. The van der Waals surface area contributed by atoms with E-state index in [-0.39, 0.29) is 0 Å². The van der Waals surface area contributed by atoms with Gasteiger partial charge in [-0.05, 0) is 112 Å². The molecule has 7 rings (SSSR count). The maximum atomic E-state index is 3.10. The van der Waals surface area contributed by atoms with E-state index in [1.807, 2.05) is 12.2 Å². The minimum Gasteiger partial charge on any atom is -0.345 e. The zero-order valence-corrected chi connectivity index (χ0v) is 25.1. The van der Waals surface area contributed by atoms with Crippen LogP contribution in [0.3, 0.4) is 0 Å². The molecular weight excluding hydrogens is 544 g/mol. The van der Waals surface area contributed by atoms with E-state index in [1.165, 1.54) is 22.3 Å². The van der Waals surface area contributed by atoms with Crippen LogP contribution in [0.1, 0.15) is 5.56 Å². The Labute approximate surface area is 265 Å². The van der Waals surface area contributed by atoms with Crippen LogP contribution in [0.2, 0.25) is 0 Å². The lowest BCUT2D eigenvalue weighted by Gasteiger charge is -2.27. The molecule has 0 atom stereocenters. The van der Waals surface area contributed by atoms with Crippen LogP contribution in [0.5, 0.6) is 0 Å². The van der Waals surface area contributed by atoms with E-state index in [1.54, 1.807) is 0 Å². The smallest absolute Gasteiger partial charge is 0.0467 e. The fourth-order valence-electron chi connectivity index (χ4n) is 5.75. The van der Waals surface area contributed by atoms with Crippen LogP contribution in [-0.2, 0) is 0 Å². The van der Waals surface area contributed by atoms with Crippen LogP contribution in [0, 0.1) is 0 Å². The molecule has 0 spiro atoms. The molecule has 0 amide bonds. The Morgan fingerprint density at radius 1 is 0.400 bits per heavy atom. The van der Waals surface area contributed by atoms with Gasteiger partial charge < -0.3 is 9.80 Å². The highest BCUT2D eigenvalue weighted by Gasteiger charge is 2.16. The van der Waals surface area contributed by atoms with Crippen molar-refractivity contribution < 1.29 is 0 Å². The van der Waals surface area contributed by atoms with Gasteiger partial charge in [0.25, 0.3) is 0 Å². The van der Waals surface area contributed by atoms with E-state index in [0.29, 0.717) is 0 Å². The van der Waals surface area contributed by atoms with Gasteiger partial charge in [0.1, 0.15) is 0 Å². The number of hydrogen-bond donors (Lipinski definition) is 0. The van der Waals surface area contributed by atoms with Crippen molar-refractivity contribution in [3.63, 3.8) is 0 Å². The number of rotatable bonds is 8. The van der Waals surface area contributed by atoms with Crippen LogP contribution in [0.4, 0.5) is 28.4 Å². The van der Waals surface area contributed by atoms with Crippen LogP contribution < -0.4 is 9.80 Å². The average Bonchev–Trinajstić information content (AvgIpc) is 3.13. The van der Waals surface area contributed by atoms with Crippen LogP contribution in [0.25, 0.3) is 27.8 Å². The van der Waals surface area contributed by atoms with Crippen LogP contribution >= 0.6 is 0 Å². The number of allylic oxidation sites excluding steroid dienone is 4. The molecule has 45 heavy (non-hydrogen) atoms. The van der Waals surface area contributed by atoms with E-state index in [0.717, 1.165) is 39.6 Å². The normalized spacial score (nSPS) is 11.7. The molecule has 2 nitrogen and oxygen atoms in total. The lowest BCUT2D eigenvalue weighted by Crippen LogP contribution is -2.12. The Balaban J connectivity index is 1.26. The van der Waals surface area contributed by atoms with Gasteiger partial charge in [-0.25, -0.2) is 0 Å². The number of benzene rings is 6. The molecule has 0 saturated heterocycles. The average molecular weight is 577 g/mol. The summed E-state index contributed by atoms with van der Waals surface area (Å²) in [4.78, 5) is 4.56. The summed E-state index contributed by atoms with van der Waals surface area (Å²) in [5.41, 5.74) is 18.7. The summed E-state index contributed by atoms with van der Waals surface area (Å²) in [5.74, 6) is 0. The molecule has 6 aromatic carbocycles. The van der Waals surface area contributed by atoms with E-state index >= 15 is 0 Å². The molecule has 0 N–H and O–H groups in total. The predicted molar refractivity (Wildman–Crippen MR) is 191 cm³/mol. The fraction of sp³-hybridized carbons (Fsp3) is 0.0233. The Morgan fingerprint density at radius 3 is 1.47 bits per heavy atom. The fourth-order valence-corrected chi connectivity index (χ4v) is 5.75. The first-order valence-electron chi connectivity index (χ1n) is 15.2. The highest BCUT2D eigenvalue weighted by Crippen LogP contribution is 2.39. The summed E-state index contributed by atoms with van der Waals surface area (Å²) in [6.07, 6.45) is 5.97. The molecular formula is C43H32N2. The van der Waals surface area contributed by atoms with E-state index in [4.69, 9.17) is 0 Å². The molecule has 1 aliphatic carbocycles. The summed E-state index contributed by atoms with van der Waals surface area (Å²) in [5, 5.41) is 0. The first-order chi connectivity index (χ1) is 22.2. The second-order valence-corrected chi connectivity index (χ2v) is 11.0. The van der Waals surface area contributed by atoms with Gasteiger partial charge >= 0.3 is 0 Å². The van der Waals surface area contributed by atoms with Gasteiger partial charge in [0.15, 0.2) is 0 Å². The van der Waals surface area contributed by atoms with Crippen molar-refractivity contribution in [3.8, 4) is 22.3 Å². The van der Waals surface area contributed by atoms with Crippen molar-refractivity contribution in [2.45, 2.75) is 0 Å². The molecule has 0 unspecified atom stereocenters. The molecule has 0 bridgehead atoms. The summed E-state index contributed by atoms with van der Waals surface area (Å²) in [7, 11) is 2.12. The zero-order valence-electron chi connectivity index (χ0n) is 25.1. The Morgan fingerprint density at radius 2 is 0.889 bits per heavy atom. The Hall–Kier alpha value is -6.04. The second kappa shape index (κ2) is 12.7. The Kier molecular flexibility index (Phi) is 7.82. The lowest BCUT2D eigenvalue weighted by atomic mass is 10.0. The number of hydrogen-bond acceptors (Lipinski definition) is 2. The highest BCUT2D eigenvalue weighted by molar-refractivity contribution is 5.84. The molecule has 0 aromatic heterocycles. The molecule has 0 aliphatic heterocycles. The van der Waals surface area contributed by atoms with Gasteiger partial charge in [0.2, 0.25) is 0 Å². The van der Waals surface area contributed by atoms with Crippen molar-refractivity contribution >= 4 is 34.0 Å². The molecule has 6 aromatic rings. The van der Waals surface area contributed by atoms with Crippen LogP contribution in [0.15, 0.2) is 187 Å². The lowest BCUT2D eigenvalue weighted by molar-refractivity contribution is 1.20. The van der Waals surface area contributed by atoms with Crippen molar-refractivity contribution in [2.24, 2.45) is 0 Å². The van der Waals surface area contributed by atoms with Crippen molar-refractivity contribution in [1.29, 1.82) is 0 Å². The summed E-state index contributed by atoms with van der Waals surface area (Å²) < 4.78 is 0. The largest absolute Gasteiger partial charge is 0.345 e. The molecule has 1 aliphatic rings. The maximum absolute atomic E-state index is 3.10.